The Kier molecular flexibility index (Phi) is 6.35. The van der Waals surface area contributed by atoms with Gasteiger partial charge in [-0.1, -0.05) is 24.3 Å². The van der Waals surface area contributed by atoms with Gasteiger partial charge in [-0.25, -0.2) is 10.2 Å². The van der Waals surface area contributed by atoms with Crippen molar-refractivity contribution in [1.29, 1.82) is 0 Å². The molecule has 8 heteroatoms. The van der Waals surface area contributed by atoms with E-state index in [1.54, 1.807) is 48.5 Å². The number of para-hydroxylation sites is 3. The number of anilines is 1. The van der Waals surface area contributed by atoms with Crippen molar-refractivity contribution in [2.45, 2.75) is 0 Å². The molecule has 0 spiro atoms. The topological polar surface area (TPSA) is 115 Å². The van der Waals surface area contributed by atoms with Crippen molar-refractivity contribution >= 4 is 23.8 Å². The van der Waals surface area contributed by atoms with Gasteiger partial charge in [0.25, 0.3) is 5.91 Å². The quantitative estimate of drug-likeness (QED) is 0.525. The lowest BCUT2D eigenvalue weighted by Gasteiger charge is -2.11. The van der Waals surface area contributed by atoms with Gasteiger partial charge in [0.15, 0.2) is 6.61 Å². The van der Waals surface area contributed by atoms with E-state index in [9.17, 15) is 9.59 Å². The lowest BCUT2D eigenvalue weighted by atomic mass is 10.2. The number of amides is 3. The number of nitrogens with two attached hydrogens (primary N) is 1. The van der Waals surface area contributed by atoms with E-state index < -0.39 is 6.03 Å². The van der Waals surface area contributed by atoms with Gasteiger partial charge in [-0.15, -0.1) is 0 Å². The van der Waals surface area contributed by atoms with Gasteiger partial charge in [0.1, 0.15) is 11.5 Å². The van der Waals surface area contributed by atoms with Crippen LogP contribution >= 0.6 is 0 Å². The maximum Gasteiger partial charge on any atom is 0.332 e. The SMILES string of the molecule is COc1ccccc1NC(=O)COc1ccccc1C=NNC(N)=O. The summed E-state index contributed by atoms with van der Waals surface area (Å²) in [6, 6.07) is 13.2. The maximum atomic E-state index is 12.1. The van der Waals surface area contributed by atoms with E-state index in [2.05, 4.69) is 15.8 Å². The lowest BCUT2D eigenvalue weighted by Crippen LogP contribution is -2.24. The number of methoxy groups -OCH3 is 1. The average molecular weight is 342 g/mol. The van der Waals surface area contributed by atoms with Crippen molar-refractivity contribution in [3.8, 4) is 11.5 Å². The van der Waals surface area contributed by atoms with Crippen molar-refractivity contribution in [2.75, 3.05) is 19.0 Å². The molecule has 4 N–H and O–H groups in total. The van der Waals surface area contributed by atoms with Gasteiger partial charge in [-0.2, -0.15) is 5.10 Å². The first kappa shape index (κ1) is 17.8. The van der Waals surface area contributed by atoms with E-state index in [1.165, 1.54) is 13.3 Å². The predicted octanol–water partition coefficient (Wildman–Crippen LogP) is 1.71. The number of hydrogen-bond acceptors (Lipinski definition) is 5. The molecule has 0 radical (unpaired) electrons. The molecule has 0 saturated heterocycles. The molecule has 0 aliphatic heterocycles. The number of hydrazone groups is 1. The Labute approximate surface area is 144 Å². The number of nitrogens with one attached hydrogen (secondary N) is 2. The van der Waals surface area contributed by atoms with Gasteiger partial charge >= 0.3 is 6.03 Å². The summed E-state index contributed by atoms with van der Waals surface area (Å²) in [6.07, 6.45) is 1.37. The molecule has 0 bridgehead atoms. The first-order chi connectivity index (χ1) is 12.1. The summed E-state index contributed by atoms with van der Waals surface area (Å²) in [7, 11) is 1.52. The monoisotopic (exact) mass is 342 g/mol. The van der Waals surface area contributed by atoms with Gasteiger partial charge in [-0.3, -0.25) is 4.79 Å². The minimum Gasteiger partial charge on any atom is -0.495 e. The first-order valence-corrected chi connectivity index (χ1v) is 7.33. The summed E-state index contributed by atoms with van der Waals surface area (Å²) in [6.45, 7) is -0.202. The molecule has 0 fully saturated rings. The van der Waals surface area contributed by atoms with Gasteiger partial charge in [0.2, 0.25) is 0 Å². The highest BCUT2D eigenvalue weighted by Gasteiger charge is 2.09. The van der Waals surface area contributed by atoms with E-state index in [1.807, 2.05) is 0 Å². The number of ether oxygens (including phenoxy) is 2. The van der Waals surface area contributed by atoms with Crippen LogP contribution in [0.3, 0.4) is 0 Å². The van der Waals surface area contributed by atoms with Crippen molar-refractivity contribution in [3.05, 3.63) is 54.1 Å². The fraction of sp³-hybridized carbons (Fsp3) is 0.118. The van der Waals surface area contributed by atoms with E-state index in [-0.39, 0.29) is 12.5 Å². The number of primary amides is 1. The third-order valence-electron chi connectivity index (χ3n) is 3.04. The zero-order chi connectivity index (χ0) is 18.1. The van der Waals surface area contributed by atoms with Gasteiger partial charge in [0.05, 0.1) is 19.0 Å². The standard InChI is InChI=1S/C17H18N4O4/c1-24-15-9-5-3-7-13(15)20-16(22)11-25-14-8-4-2-6-12(14)10-19-21-17(18)23/h2-10H,11H2,1H3,(H,20,22)(H3,18,21,23). The van der Waals surface area contributed by atoms with Crippen molar-refractivity contribution in [3.63, 3.8) is 0 Å². The highest BCUT2D eigenvalue weighted by atomic mass is 16.5. The maximum absolute atomic E-state index is 12.1. The molecule has 0 aliphatic rings. The second-order valence-corrected chi connectivity index (χ2v) is 4.81. The highest BCUT2D eigenvalue weighted by molar-refractivity contribution is 5.93. The van der Waals surface area contributed by atoms with Crippen molar-refractivity contribution in [1.82, 2.24) is 5.43 Å². The van der Waals surface area contributed by atoms with Crippen LogP contribution < -0.4 is 25.9 Å². The van der Waals surface area contributed by atoms with E-state index in [0.29, 0.717) is 22.7 Å². The number of benzene rings is 2. The van der Waals surface area contributed by atoms with Crippen LogP contribution in [0.25, 0.3) is 0 Å². The Morgan fingerprint density at radius 3 is 2.52 bits per heavy atom. The normalized spacial score (nSPS) is 10.3. The molecule has 0 aromatic heterocycles. The fourth-order valence-electron chi connectivity index (χ4n) is 1.96. The van der Waals surface area contributed by atoms with E-state index >= 15 is 0 Å². The Bertz CT molecular complexity index is 777. The molecule has 8 nitrogen and oxygen atoms in total. The van der Waals surface area contributed by atoms with Crippen LogP contribution in [0.5, 0.6) is 11.5 Å². The molecular weight excluding hydrogens is 324 g/mol. The molecule has 0 saturated carbocycles. The summed E-state index contributed by atoms with van der Waals surface area (Å²) < 4.78 is 10.7. The van der Waals surface area contributed by atoms with Gasteiger partial charge in [0, 0.05) is 5.56 Å². The fourth-order valence-corrected chi connectivity index (χ4v) is 1.96. The summed E-state index contributed by atoms with van der Waals surface area (Å²) in [5, 5.41) is 6.39. The lowest BCUT2D eigenvalue weighted by molar-refractivity contribution is -0.118. The molecular formula is C17H18N4O4. The Balaban J connectivity index is 1.98. The summed E-state index contributed by atoms with van der Waals surface area (Å²) in [5.74, 6) is 0.653. The zero-order valence-electron chi connectivity index (χ0n) is 13.6. The number of carbonyl (C=O) groups excluding carboxylic acids is 2. The number of urea groups is 1. The van der Waals surface area contributed by atoms with Crippen LogP contribution in [-0.2, 0) is 4.79 Å². The molecule has 130 valence electrons. The molecule has 0 aliphatic carbocycles. The van der Waals surface area contributed by atoms with Crippen molar-refractivity contribution < 1.29 is 19.1 Å². The molecule has 25 heavy (non-hydrogen) atoms. The average Bonchev–Trinajstić information content (AvgIpc) is 2.61. The molecule has 0 atom stereocenters. The smallest absolute Gasteiger partial charge is 0.332 e. The number of carbonyl (C=O) groups is 2. The van der Waals surface area contributed by atoms with Crippen LogP contribution in [0, 0.1) is 0 Å². The second-order valence-electron chi connectivity index (χ2n) is 4.81. The first-order valence-electron chi connectivity index (χ1n) is 7.33. The van der Waals surface area contributed by atoms with Gasteiger partial charge in [-0.05, 0) is 24.3 Å². The highest BCUT2D eigenvalue weighted by Crippen LogP contribution is 2.23. The minimum absolute atomic E-state index is 0.202. The van der Waals surface area contributed by atoms with Crippen LogP contribution in [0.1, 0.15) is 5.56 Å². The summed E-state index contributed by atoms with van der Waals surface area (Å²) in [4.78, 5) is 22.7. The Hall–Kier alpha value is -3.55. The molecule has 0 heterocycles. The third-order valence-corrected chi connectivity index (χ3v) is 3.04. The van der Waals surface area contributed by atoms with E-state index in [0.717, 1.165) is 0 Å². The Morgan fingerprint density at radius 1 is 1.12 bits per heavy atom. The summed E-state index contributed by atoms with van der Waals surface area (Å²) in [5.41, 5.74) is 8.16. The molecule has 0 unspecified atom stereocenters. The molecule has 2 rings (SSSR count). The van der Waals surface area contributed by atoms with Crippen LogP contribution in [0.15, 0.2) is 53.6 Å². The summed E-state index contributed by atoms with van der Waals surface area (Å²) >= 11 is 0. The Morgan fingerprint density at radius 2 is 1.80 bits per heavy atom. The predicted molar refractivity (Wildman–Crippen MR) is 93.9 cm³/mol. The number of rotatable bonds is 7. The zero-order valence-corrected chi connectivity index (χ0v) is 13.6. The minimum atomic E-state index is -0.772. The van der Waals surface area contributed by atoms with Crippen LogP contribution in [0.2, 0.25) is 0 Å². The third kappa shape index (κ3) is 5.54. The van der Waals surface area contributed by atoms with E-state index in [4.69, 9.17) is 15.2 Å². The van der Waals surface area contributed by atoms with Crippen LogP contribution in [-0.4, -0.2) is 31.9 Å². The molecule has 3 amide bonds. The van der Waals surface area contributed by atoms with Crippen molar-refractivity contribution in [2.24, 2.45) is 10.8 Å². The molecule has 2 aromatic rings. The largest absolute Gasteiger partial charge is 0.495 e. The van der Waals surface area contributed by atoms with Gasteiger partial charge < -0.3 is 20.5 Å². The molecule has 2 aromatic carbocycles. The van der Waals surface area contributed by atoms with Crippen LogP contribution in [0.4, 0.5) is 10.5 Å². The number of hydrogen-bond donors (Lipinski definition) is 3. The second kappa shape index (κ2) is 8.92. The number of nitrogens with zero attached hydrogens (tertiary/aromatic N) is 1.